The zero-order valence-electron chi connectivity index (χ0n) is 20.2. The second kappa shape index (κ2) is 13.7. The molecule has 0 aliphatic rings. The lowest BCUT2D eigenvalue weighted by molar-refractivity contribution is -0.205. The van der Waals surface area contributed by atoms with E-state index in [-0.39, 0.29) is 18.7 Å². The number of halogens is 5. The van der Waals surface area contributed by atoms with Gasteiger partial charge in [-0.05, 0) is 61.4 Å². The minimum absolute atomic E-state index is 0.0347. The Bertz CT molecular complexity index is 1070. The first kappa shape index (κ1) is 29.8. The van der Waals surface area contributed by atoms with Crippen molar-refractivity contribution >= 4 is 12.1 Å². The quantitative estimate of drug-likeness (QED) is 0.144. The molecule has 202 valence electrons. The van der Waals surface area contributed by atoms with Crippen molar-refractivity contribution in [2.45, 2.75) is 57.5 Å². The first-order chi connectivity index (χ1) is 17.4. The third-order valence-corrected chi connectivity index (χ3v) is 5.50. The van der Waals surface area contributed by atoms with Gasteiger partial charge in [-0.2, -0.15) is 13.2 Å². The van der Waals surface area contributed by atoms with Gasteiger partial charge in [0.15, 0.2) is 0 Å². The van der Waals surface area contributed by atoms with Gasteiger partial charge in [-0.25, -0.2) is 18.4 Å². The fraction of sp³-hybridized carbons (Fsp3) is 0.385. The Morgan fingerprint density at radius 2 is 1.78 bits per heavy atom. The molecule has 0 saturated heterocycles. The van der Waals surface area contributed by atoms with Crippen molar-refractivity contribution in [1.29, 1.82) is 0 Å². The number of allylic oxidation sites excluding steroid dienone is 1. The second-order valence-corrected chi connectivity index (χ2v) is 8.56. The summed E-state index contributed by atoms with van der Waals surface area (Å²) in [6.07, 6.45) is -4.83. The molecule has 0 saturated carbocycles. The van der Waals surface area contributed by atoms with Crippen molar-refractivity contribution in [2.75, 3.05) is 6.54 Å². The number of benzene rings is 2. The minimum atomic E-state index is -5.33. The normalized spacial score (nSPS) is 13.0. The van der Waals surface area contributed by atoms with Crippen LogP contribution < -0.4 is 10.6 Å². The van der Waals surface area contributed by atoms with Crippen LogP contribution in [0.25, 0.3) is 0 Å². The summed E-state index contributed by atoms with van der Waals surface area (Å²) in [7, 11) is 0. The van der Waals surface area contributed by atoms with Gasteiger partial charge in [0, 0.05) is 19.2 Å². The van der Waals surface area contributed by atoms with Crippen LogP contribution in [0.5, 0.6) is 0 Å². The second-order valence-electron chi connectivity index (χ2n) is 8.56. The summed E-state index contributed by atoms with van der Waals surface area (Å²) in [5.41, 5.74) is 2.81. The summed E-state index contributed by atoms with van der Waals surface area (Å²) in [6.45, 7) is 5.40. The van der Waals surface area contributed by atoms with Gasteiger partial charge in [0.1, 0.15) is 17.7 Å². The average molecular weight is 529 g/mol. The third-order valence-electron chi connectivity index (χ3n) is 5.50. The van der Waals surface area contributed by atoms with Gasteiger partial charge in [0.05, 0.1) is 6.04 Å². The Morgan fingerprint density at radius 3 is 2.38 bits per heavy atom. The van der Waals surface area contributed by atoms with Crippen molar-refractivity contribution in [3.63, 3.8) is 0 Å². The third kappa shape index (κ3) is 10.2. The van der Waals surface area contributed by atoms with Crippen molar-refractivity contribution in [2.24, 2.45) is 0 Å². The molecule has 11 heteroatoms. The highest BCUT2D eigenvalue weighted by atomic mass is 19.4. The SMILES string of the molecule is C=CCCCc1ccc(C)cc1CNC[C@H](OC(=O)C(F)(F)F)[C@H](Cc1cc(F)cc(F)c1)NC(=O)O. The number of esters is 1. The maximum Gasteiger partial charge on any atom is 0.490 e. The molecule has 37 heavy (non-hydrogen) atoms. The lowest BCUT2D eigenvalue weighted by Gasteiger charge is -2.28. The van der Waals surface area contributed by atoms with E-state index < -0.39 is 48.4 Å². The summed E-state index contributed by atoms with van der Waals surface area (Å²) in [6, 6.07) is 6.78. The molecule has 0 unspecified atom stereocenters. The molecule has 0 spiro atoms. The van der Waals surface area contributed by atoms with E-state index in [1.165, 1.54) is 0 Å². The van der Waals surface area contributed by atoms with Crippen LogP contribution >= 0.6 is 0 Å². The summed E-state index contributed by atoms with van der Waals surface area (Å²) < 4.78 is 70.8. The first-order valence-corrected chi connectivity index (χ1v) is 11.5. The molecule has 0 heterocycles. The largest absolute Gasteiger partial charge is 0.490 e. The number of hydrogen-bond donors (Lipinski definition) is 3. The van der Waals surface area contributed by atoms with Crippen LogP contribution in [0.2, 0.25) is 0 Å². The minimum Gasteiger partial charge on any atom is -0.465 e. The number of amides is 1. The molecule has 0 bridgehead atoms. The standard InChI is InChI=1S/C26H29F5N2O4/c1-3-4-5-6-18-8-7-16(2)9-19(18)14-32-15-23(37-24(34)26(29,30)31)22(33-25(35)36)12-17-10-20(27)13-21(28)11-17/h3,7-11,13,22-23,32-33H,1,4-6,12,14-15H2,2H3,(H,35,36)/t22-,23-/m0/s1. The van der Waals surface area contributed by atoms with E-state index in [1.54, 1.807) is 6.08 Å². The Balaban J connectivity index is 2.26. The van der Waals surface area contributed by atoms with Crippen molar-refractivity contribution < 1.29 is 41.4 Å². The van der Waals surface area contributed by atoms with Crippen LogP contribution in [-0.4, -0.2) is 42.0 Å². The Kier molecular flexibility index (Phi) is 11.0. The zero-order chi connectivity index (χ0) is 27.6. The number of unbranched alkanes of at least 4 members (excludes halogenated alkanes) is 1. The molecule has 3 N–H and O–H groups in total. The van der Waals surface area contributed by atoms with Crippen molar-refractivity contribution in [1.82, 2.24) is 10.6 Å². The number of rotatable bonds is 13. The molecule has 0 aliphatic carbocycles. The molecule has 0 fully saturated rings. The van der Waals surface area contributed by atoms with Crippen LogP contribution in [0.4, 0.5) is 26.7 Å². The number of alkyl halides is 3. The lowest BCUT2D eigenvalue weighted by Crippen LogP contribution is -2.51. The predicted octanol–water partition coefficient (Wildman–Crippen LogP) is 5.22. The van der Waals surface area contributed by atoms with E-state index in [0.717, 1.165) is 48.1 Å². The maximum absolute atomic E-state index is 13.7. The maximum atomic E-state index is 13.7. The number of aryl methyl sites for hydroxylation is 2. The van der Waals surface area contributed by atoms with E-state index in [4.69, 9.17) is 0 Å². The average Bonchev–Trinajstić information content (AvgIpc) is 2.77. The zero-order valence-corrected chi connectivity index (χ0v) is 20.2. The van der Waals surface area contributed by atoms with Gasteiger partial charge >= 0.3 is 18.2 Å². The van der Waals surface area contributed by atoms with E-state index in [9.17, 15) is 36.6 Å². The van der Waals surface area contributed by atoms with Crippen LogP contribution in [0.3, 0.4) is 0 Å². The van der Waals surface area contributed by atoms with Crippen LogP contribution in [0.15, 0.2) is 49.1 Å². The fourth-order valence-corrected chi connectivity index (χ4v) is 3.84. The van der Waals surface area contributed by atoms with Crippen molar-refractivity contribution in [3.8, 4) is 0 Å². The molecule has 0 radical (unpaired) electrons. The van der Waals surface area contributed by atoms with Gasteiger partial charge in [-0.3, -0.25) is 0 Å². The van der Waals surface area contributed by atoms with Crippen LogP contribution in [0.1, 0.15) is 35.1 Å². The predicted molar refractivity (Wildman–Crippen MR) is 127 cm³/mol. The molecule has 2 atom stereocenters. The number of carbonyl (C=O) groups excluding carboxylic acids is 1. The van der Waals surface area contributed by atoms with E-state index in [1.807, 2.05) is 30.4 Å². The summed E-state index contributed by atoms with van der Waals surface area (Å²) in [4.78, 5) is 23.0. The monoisotopic (exact) mass is 528 g/mol. The number of carboxylic acid groups (broad SMARTS) is 1. The summed E-state index contributed by atoms with van der Waals surface area (Å²) >= 11 is 0. The molecule has 1 amide bonds. The van der Waals surface area contributed by atoms with Gasteiger partial charge in [-0.15, -0.1) is 6.58 Å². The molecular weight excluding hydrogens is 499 g/mol. The van der Waals surface area contributed by atoms with Gasteiger partial charge < -0.3 is 20.5 Å². The number of ether oxygens (including phenoxy) is 1. The van der Waals surface area contributed by atoms with E-state index >= 15 is 0 Å². The molecule has 0 aliphatic heterocycles. The topological polar surface area (TPSA) is 87.7 Å². The van der Waals surface area contributed by atoms with Crippen LogP contribution in [0, 0.1) is 18.6 Å². The molecular formula is C26H29F5N2O4. The summed E-state index contributed by atoms with van der Waals surface area (Å²) in [5, 5.41) is 14.2. The van der Waals surface area contributed by atoms with Crippen molar-refractivity contribution in [3.05, 3.63) is 82.9 Å². The lowest BCUT2D eigenvalue weighted by atomic mass is 9.98. The molecule has 0 aromatic heterocycles. The first-order valence-electron chi connectivity index (χ1n) is 11.5. The molecule has 2 rings (SSSR count). The smallest absolute Gasteiger partial charge is 0.465 e. The highest BCUT2D eigenvalue weighted by molar-refractivity contribution is 5.76. The fourth-order valence-electron chi connectivity index (χ4n) is 3.84. The van der Waals surface area contributed by atoms with Gasteiger partial charge in [0.25, 0.3) is 0 Å². The Labute approximate surface area is 211 Å². The van der Waals surface area contributed by atoms with Crippen LogP contribution in [-0.2, 0) is 28.9 Å². The number of carbonyl (C=O) groups is 2. The molecule has 2 aromatic rings. The highest BCUT2D eigenvalue weighted by Gasteiger charge is 2.43. The van der Waals surface area contributed by atoms with Gasteiger partial charge in [-0.1, -0.05) is 29.8 Å². The van der Waals surface area contributed by atoms with Gasteiger partial charge in [0.2, 0.25) is 0 Å². The molecule has 2 aromatic carbocycles. The Hall–Kier alpha value is -3.47. The highest BCUT2D eigenvalue weighted by Crippen LogP contribution is 2.20. The number of nitrogens with one attached hydrogen (secondary N) is 2. The number of hydrogen-bond acceptors (Lipinski definition) is 4. The molecule has 6 nitrogen and oxygen atoms in total. The van der Waals surface area contributed by atoms with E-state index in [0.29, 0.717) is 6.07 Å². The summed E-state index contributed by atoms with van der Waals surface area (Å²) in [5.74, 6) is -4.41. The van der Waals surface area contributed by atoms with E-state index in [2.05, 4.69) is 16.6 Å². The Morgan fingerprint density at radius 1 is 1.11 bits per heavy atom.